The van der Waals surface area contributed by atoms with Gasteiger partial charge < -0.3 is 10.1 Å². The Kier molecular flexibility index (Phi) is 3.92. The molecular weight excluding hydrogens is 296 g/mol. The number of nitrogens with zero attached hydrogens (tertiary/aromatic N) is 1. The van der Waals surface area contributed by atoms with Gasteiger partial charge in [-0.2, -0.15) is 0 Å². The molecule has 0 bridgehead atoms. The maximum atomic E-state index is 11.9. The highest BCUT2D eigenvalue weighted by Gasteiger charge is 2.46. The smallest absolute Gasteiger partial charge is 0.415 e. The number of para-hydroxylation sites is 1. The van der Waals surface area contributed by atoms with Crippen molar-refractivity contribution in [3.63, 3.8) is 0 Å². The Labute approximate surface area is 117 Å². The summed E-state index contributed by atoms with van der Waals surface area (Å²) < 4.78 is 5.60. The molecule has 0 radical (unpaired) electrons. The number of benzene rings is 1. The molecule has 1 aromatic rings. The molecule has 1 spiro atoms. The molecule has 0 saturated carbocycles. The Hall–Kier alpha value is -1.07. The zero-order chi connectivity index (χ0) is 11.7. The summed E-state index contributed by atoms with van der Waals surface area (Å²) in [4.78, 5) is 13.7. The van der Waals surface area contributed by atoms with Crippen LogP contribution in [0.2, 0.25) is 0 Å². The van der Waals surface area contributed by atoms with Gasteiger partial charge in [0.15, 0.2) is 0 Å². The van der Waals surface area contributed by atoms with E-state index in [1.807, 2.05) is 30.3 Å². The predicted molar refractivity (Wildman–Crippen MR) is 75.4 cm³/mol. The van der Waals surface area contributed by atoms with Crippen molar-refractivity contribution in [1.29, 1.82) is 0 Å². The molecule has 5 heteroatoms. The first-order valence-electron chi connectivity index (χ1n) is 6.05. The van der Waals surface area contributed by atoms with E-state index in [0.29, 0.717) is 6.54 Å². The van der Waals surface area contributed by atoms with Gasteiger partial charge in [-0.25, -0.2) is 4.79 Å². The normalized spacial score (nSPS) is 21.6. The molecule has 2 heterocycles. The van der Waals surface area contributed by atoms with E-state index in [0.717, 1.165) is 31.6 Å². The zero-order valence-corrected chi connectivity index (χ0v) is 11.8. The van der Waals surface area contributed by atoms with Gasteiger partial charge in [0.25, 0.3) is 0 Å². The minimum Gasteiger partial charge on any atom is -0.441 e. The highest BCUT2D eigenvalue weighted by Crippen LogP contribution is 2.33. The van der Waals surface area contributed by atoms with Gasteiger partial charge in [0.1, 0.15) is 5.60 Å². The average molecular weight is 313 g/mol. The summed E-state index contributed by atoms with van der Waals surface area (Å²) in [5.74, 6) is 0. The van der Waals surface area contributed by atoms with Crippen LogP contribution in [-0.2, 0) is 4.74 Å². The third-order valence-electron chi connectivity index (χ3n) is 3.55. The summed E-state index contributed by atoms with van der Waals surface area (Å²) in [6.07, 6.45) is 1.60. The van der Waals surface area contributed by atoms with Gasteiger partial charge in [0, 0.05) is 18.5 Å². The number of hydrogen-bond donors (Lipinski definition) is 1. The Bertz CT molecular complexity index is 418. The lowest BCUT2D eigenvalue weighted by molar-refractivity contribution is 0.0316. The quantitative estimate of drug-likeness (QED) is 0.865. The van der Waals surface area contributed by atoms with E-state index >= 15 is 0 Å². The van der Waals surface area contributed by atoms with Crippen LogP contribution in [0, 0.1) is 0 Å². The van der Waals surface area contributed by atoms with Crippen LogP contribution >= 0.6 is 17.0 Å². The number of carbonyl (C=O) groups excluding carboxylic acids is 1. The van der Waals surface area contributed by atoms with Gasteiger partial charge in [-0.15, -0.1) is 17.0 Å². The molecule has 2 aliphatic heterocycles. The first-order valence-corrected chi connectivity index (χ1v) is 6.05. The fourth-order valence-corrected chi connectivity index (χ4v) is 2.57. The topological polar surface area (TPSA) is 41.6 Å². The average Bonchev–Trinajstić information content (AvgIpc) is 2.68. The van der Waals surface area contributed by atoms with E-state index in [1.54, 1.807) is 4.90 Å². The third kappa shape index (κ3) is 2.37. The van der Waals surface area contributed by atoms with Gasteiger partial charge in [0.2, 0.25) is 0 Å². The molecule has 0 unspecified atom stereocenters. The number of halogens is 1. The molecule has 0 aliphatic carbocycles. The summed E-state index contributed by atoms with van der Waals surface area (Å²) in [6, 6.07) is 9.72. The van der Waals surface area contributed by atoms with E-state index in [9.17, 15) is 4.79 Å². The van der Waals surface area contributed by atoms with Gasteiger partial charge in [0.05, 0.1) is 6.54 Å². The summed E-state index contributed by atoms with van der Waals surface area (Å²) in [5.41, 5.74) is 0.658. The van der Waals surface area contributed by atoms with Crippen molar-refractivity contribution in [2.75, 3.05) is 24.5 Å². The van der Waals surface area contributed by atoms with Crippen molar-refractivity contribution in [3.05, 3.63) is 30.3 Å². The Morgan fingerprint density at radius 2 is 1.83 bits per heavy atom. The minimum absolute atomic E-state index is 0. The molecule has 2 aliphatic rings. The molecule has 18 heavy (non-hydrogen) atoms. The number of rotatable bonds is 1. The van der Waals surface area contributed by atoms with E-state index in [4.69, 9.17) is 4.74 Å². The molecule has 1 aromatic carbocycles. The monoisotopic (exact) mass is 312 g/mol. The molecule has 3 rings (SSSR count). The number of ether oxygens (including phenoxy) is 1. The van der Waals surface area contributed by atoms with Crippen molar-refractivity contribution in [2.24, 2.45) is 0 Å². The van der Waals surface area contributed by atoms with Crippen LogP contribution in [0.1, 0.15) is 12.8 Å². The molecule has 1 N–H and O–H groups in total. The van der Waals surface area contributed by atoms with Gasteiger partial charge in [-0.05, 0) is 25.2 Å². The summed E-state index contributed by atoms with van der Waals surface area (Å²) in [6.45, 7) is 2.53. The van der Waals surface area contributed by atoms with E-state index < -0.39 is 0 Å². The molecule has 1 amide bonds. The maximum Gasteiger partial charge on any atom is 0.415 e. The number of nitrogens with one attached hydrogen (secondary N) is 1. The predicted octanol–water partition coefficient (Wildman–Crippen LogP) is 2.34. The number of carbonyl (C=O) groups is 1. The highest BCUT2D eigenvalue weighted by molar-refractivity contribution is 8.93. The maximum absolute atomic E-state index is 11.9. The second-order valence-corrected chi connectivity index (χ2v) is 4.72. The van der Waals surface area contributed by atoms with Crippen LogP contribution in [0.25, 0.3) is 0 Å². The fraction of sp³-hybridized carbons (Fsp3) is 0.462. The Balaban J connectivity index is 0.00000120. The molecule has 98 valence electrons. The summed E-state index contributed by atoms with van der Waals surface area (Å²) >= 11 is 0. The standard InChI is InChI=1S/C13H16N2O2.BrH/c16-12-15(11-4-2-1-3-5-11)10-13(17-12)6-8-14-9-7-13;/h1-5,14H,6-10H2;1H. The Morgan fingerprint density at radius 1 is 1.17 bits per heavy atom. The largest absolute Gasteiger partial charge is 0.441 e. The number of amides is 1. The molecule has 2 fully saturated rings. The highest BCUT2D eigenvalue weighted by atomic mass is 79.9. The number of piperidine rings is 1. The van der Waals surface area contributed by atoms with Gasteiger partial charge >= 0.3 is 6.09 Å². The van der Waals surface area contributed by atoms with Crippen LogP contribution < -0.4 is 10.2 Å². The molecule has 0 aromatic heterocycles. The summed E-state index contributed by atoms with van der Waals surface area (Å²) in [7, 11) is 0. The Morgan fingerprint density at radius 3 is 2.50 bits per heavy atom. The van der Waals surface area contributed by atoms with Crippen LogP contribution in [0.3, 0.4) is 0 Å². The molecule has 4 nitrogen and oxygen atoms in total. The minimum atomic E-state index is -0.266. The van der Waals surface area contributed by atoms with E-state index in [-0.39, 0.29) is 28.7 Å². The molecular formula is C13H17BrN2O2. The van der Waals surface area contributed by atoms with Crippen molar-refractivity contribution in [1.82, 2.24) is 5.32 Å². The zero-order valence-electron chi connectivity index (χ0n) is 10.1. The van der Waals surface area contributed by atoms with Crippen LogP contribution in [-0.4, -0.2) is 31.3 Å². The van der Waals surface area contributed by atoms with Crippen LogP contribution in [0.15, 0.2) is 30.3 Å². The van der Waals surface area contributed by atoms with Crippen molar-refractivity contribution in [3.8, 4) is 0 Å². The van der Waals surface area contributed by atoms with Crippen molar-refractivity contribution in [2.45, 2.75) is 18.4 Å². The van der Waals surface area contributed by atoms with E-state index in [1.165, 1.54) is 0 Å². The lowest BCUT2D eigenvalue weighted by Crippen LogP contribution is -2.44. The third-order valence-corrected chi connectivity index (χ3v) is 3.55. The van der Waals surface area contributed by atoms with E-state index in [2.05, 4.69) is 5.32 Å². The SMILES string of the molecule is Br.O=C1OC2(CCNCC2)CN1c1ccccc1. The lowest BCUT2D eigenvalue weighted by atomic mass is 9.92. The summed E-state index contributed by atoms with van der Waals surface area (Å²) in [5, 5.41) is 3.30. The second kappa shape index (κ2) is 5.28. The second-order valence-electron chi connectivity index (χ2n) is 4.72. The first-order chi connectivity index (χ1) is 8.29. The molecule has 2 saturated heterocycles. The van der Waals surface area contributed by atoms with Crippen LogP contribution in [0.5, 0.6) is 0 Å². The van der Waals surface area contributed by atoms with Crippen LogP contribution in [0.4, 0.5) is 10.5 Å². The van der Waals surface area contributed by atoms with Gasteiger partial charge in [-0.1, -0.05) is 18.2 Å². The molecule has 0 atom stereocenters. The number of hydrogen-bond acceptors (Lipinski definition) is 3. The first kappa shape index (κ1) is 13.4. The number of anilines is 1. The lowest BCUT2D eigenvalue weighted by Gasteiger charge is -2.31. The van der Waals surface area contributed by atoms with Crippen molar-refractivity contribution < 1.29 is 9.53 Å². The van der Waals surface area contributed by atoms with Crippen molar-refractivity contribution >= 4 is 28.8 Å². The van der Waals surface area contributed by atoms with Gasteiger partial charge in [-0.3, -0.25) is 4.90 Å². The fourth-order valence-electron chi connectivity index (χ4n) is 2.57.